The number of hydrogen-bond acceptors (Lipinski definition) is 16. The second kappa shape index (κ2) is 11.2. The number of halogens is 3. The fraction of sp³-hybridized carbons (Fsp3) is 0.500. The lowest BCUT2D eigenvalue weighted by atomic mass is 10.1. The minimum atomic E-state index is -4.63. The van der Waals surface area contributed by atoms with Gasteiger partial charge in [0.05, 0.1) is 25.9 Å². The van der Waals surface area contributed by atoms with Crippen LogP contribution in [0.2, 0.25) is 0 Å². The Bertz CT molecular complexity index is 2000. The lowest BCUT2D eigenvalue weighted by molar-refractivity contribution is -0.118. The minimum absolute atomic E-state index is 0.0124. The van der Waals surface area contributed by atoms with Gasteiger partial charge in [-0.3, -0.25) is 28.0 Å². The van der Waals surface area contributed by atoms with Gasteiger partial charge in [0, 0.05) is 0 Å². The first-order valence-corrected chi connectivity index (χ1v) is 18.1. The van der Waals surface area contributed by atoms with Crippen LogP contribution in [0, 0.1) is 0 Å². The maximum absolute atomic E-state index is 16.0. The van der Waals surface area contributed by atoms with Crippen molar-refractivity contribution in [2.45, 2.75) is 49.0 Å². The first-order chi connectivity index (χ1) is 21.6. The summed E-state index contributed by atoms with van der Waals surface area (Å²) < 4.78 is 82.5. The van der Waals surface area contributed by atoms with E-state index in [1.165, 1.54) is 10.9 Å². The lowest BCUT2D eigenvalue weighted by Gasteiger charge is -2.28. The highest BCUT2D eigenvalue weighted by Gasteiger charge is 2.63. The molecule has 7 rings (SSSR count). The second-order valence-electron chi connectivity index (χ2n) is 10.2. The third-order valence-corrected chi connectivity index (χ3v) is 10.4. The van der Waals surface area contributed by atoms with E-state index in [0.29, 0.717) is 0 Å². The van der Waals surface area contributed by atoms with Crippen LogP contribution < -0.4 is 17.0 Å². The summed E-state index contributed by atoms with van der Waals surface area (Å²) in [5, 5.41) is 0. The summed E-state index contributed by atoms with van der Waals surface area (Å²) in [6.07, 6.45) is -10.0. The molecule has 7 N–H and O–H groups in total. The van der Waals surface area contributed by atoms with Crippen molar-refractivity contribution in [3.8, 4) is 0 Å². The van der Waals surface area contributed by atoms with Crippen molar-refractivity contribution in [3.05, 3.63) is 29.3 Å². The Labute approximate surface area is 263 Å². The van der Waals surface area contributed by atoms with Gasteiger partial charge >= 0.3 is 19.4 Å². The van der Waals surface area contributed by atoms with Crippen molar-refractivity contribution < 1.29 is 50.5 Å². The number of imidazole rings is 2. The Balaban J connectivity index is 1.23. The van der Waals surface area contributed by atoms with Gasteiger partial charge in [-0.15, -0.1) is 0 Å². The van der Waals surface area contributed by atoms with Crippen LogP contribution in [-0.4, -0.2) is 98.5 Å². The number of nitrogens with zero attached hydrogens (tertiary/aromatic N) is 7. The van der Waals surface area contributed by atoms with Crippen LogP contribution in [0.15, 0.2) is 23.8 Å². The number of alkyl halides is 3. The third-order valence-electron chi connectivity index (χ3n) is 7.32. The number of nitrogens with two attached hydrogens (primary N) is 2. The molecule has 3 aliphatic rings. The minimum Gasteiger partial charge on any atom is -0.382 e. The van der Waals surface area contributed by atoms with Crippen LogP contribution in [0.1, 0.15) is 12.5 Å². The molecule has 3 aliphatic heterocycles. The number of nitrogens with one attached hydrogen (secondary N) is 1. The van der Waals surface area contributed by atoms with Gasteiger partial charge in [0.25, 0.3) is 5.56 Å². The molecule has 3 saturated heterocycles. The van der Waals surface area contributed by atoms with Crippen molar-refractivity contribution in [2.24, 2.45) is 0 Å². The number of aromatic amines is 1. The quantitative estimate of drug-likeness (QED) is 0.172. The number of anilines is 2. The van der Waals surface area contributed by atoms with Crippen LogP contribution in [0.5, 0.6) is 0 Å². The van der Waals surface area contributed by atoms with Crippen LogP contribution in [-0.2, 0) is 51.2 Å². The number of aromatic nitrogens is 8. The van der Waals surface area contributed by atoms with E-state index < -0.39 is 81.2 Å². The molecule has 3 unspecified atom stereocenters. The second-order valence-corrected chi connectivity index (χ2v) is 15.8. The first-order valence-electron chi connectivity index (χ1n) is 12.9. The van der Waals surface area contributed by atoms with Gasteiger partial charge < -0.3 is 39.8 Å². The topological polar surface area (TPSA) is 255 Å². The van der Waals surface area contributed by atoms with E-state index in [9.17, 15) is 14.6 Å². The molecule has 0 saturated carbocycles. The summed E-state index contributed by atoms with van der Waals surface area (Å²) in [7, 11) is 0. The fourth-order valence-electron chi connectivity index (χ4n) is 5.24. The zero-order valence-corrected chi connectivity index (χ0v) is 26.0. The molecule has 26 heteroatoms. The van der Waals surface area contributed by atoms with Crippen LogP contribution in [0.3, 0.4) is 0 Å². The van der Waals surface area contributed by atoms with Gasteiger partial charge in [0.1, 0.15) is 24.1 Å². The third kappa shape index (κ3) is 5.41. The van der Waals surface area contributed by atoms with E-state index in [-0.39, 0.29) is 34.1 Å². The average Bonchev–Trinajstić information content (AvgIpc) is 3.71. The summed E-state index contributed by atoms with van der Waals surface area (Å²) in [6, 6.07) is 0. The van der Waals surface area contributed by atoms with Crippen LogP contribution in [0.25, 0.3) is 22.3 Å². The Morgan fingerprint density at radius 1 is 0.957 bits per heavy atom. The maximum Gasteiger partial charge on any atom is 0.325 e. The normalized spacial score (nSPS) is 36.7. The van der Waals surface area contributed by atoms with Crippen LogP contribution in [0.4, 0.5) is 24.9 Å². The zero-order chi connectivity index (χ0) is 32.8. The van der Waals surface area contributed by atoms with Crippen molar-refractivity contribution in [3.63, 3.8) is 0 Å². The highest BCUT2D eigenvalue weighted by Crippen LogP contribution is 2.57. The first kappa shape index (κ1) is 31.8. The number of rotatable bonds is 2. The van der Waals surface area contributed by atoms with E-state index in [1.54, 1.807) is 0 Å². The SMILES string of the molecule is Nc1nc2c(ncn2[C@@H]2OC3COP(O)(=S)O[C@H]4[C@H](F)[C@H](n5cnc6c(N)ncnc65)O[C@@H]4COP(O)(=S)O[C@@H]2C3(F)F)c(=O)[nH]1. The molecule has 0 aromatic carbocycles. The molecule has 0 aliphatic carbocycles. The van der Waals surface area contributed by atoms with Crippen LogP contribution >= 0.6 is 13.4 Å². The van der Waals surface area contributed by atoms with Crippen molar-refractivity contribution in [2.75, 3.05) is 24.7 Å². The monoisotopic (exact) mass is 728 g/mol. The summed E-state index contributed by atoms with van der Waals surface area (Å²) in [4.78, 5) is 56.1. The number of nitrogen functional groups attached to an aromatic ring is 2. The zero-order valence-electron chi connectivity index (χ0n) is 22.6. The van der Waals surface area contributed by atoms with Gasteiger partial charge in [-0.2, -0.15) is 4.98 Å². The van der Waals surface area contributed by atoms with Gasteiger partial charge in [0.15, 0.2) is 53.5 Å². The van der Waals surface area contributed by atoms with Crippen molar-refractivity contribution in [1.82, 2.24) is 39.0 Å². The molecule has 9 atom stereocenters. The fourth-order valence-corrected chi connectivity index (χ4v) is 8.05. The molecule has 4 aromatic heterocycles. The predicted octanol–water partition coefficient (Wildman–Crippen LogP) is 0.143. The molecule has 2 bridgehead atoms. The predicted molar refractivity (Wildman–Crippen MR) is 155 cm³/mol. The molecule has 4 aromatic rings. The Kier molecular flexibility index (Phi) is 7.74. The van der Waals surface area contributed by atoms with E-state index in [0.717, 1.165) is 17.2 Å². The van der Waals surface area contributed by atoms with Gasteiger partial charge in [-0.05, 0) is 23.6 Å². The largest absolute Gasteiger partial charge is 0.382 e. The van der Waals surface area contributed by atoms with Crippen molar-refractivity contribution in [1.29, 1.82) is 0 Å². The van der Waals surface area contributed by atoms with Gasteiger partial charge in [-0.25, -0.2) is 33.1 Å². The summed E-state index contributed by atoms with van der Waals surface area (Å²) in [5.41, 5.74) is 10.4. The standard InChI is InChI=1S/C20H21F3N10O9P2S2/c21-8-11-6(39-17(8)32-4-28-9-13(24)26-3-27-14(9)32)1-37-44(36,46)42-12-18(33-5-29-10-15(33)30-19(25)31-16(10)34)40-7(20(12,22)23)2-38-43(35,45)41-11/h3-8,11-12,17-18H,1-2H2,(H,35,45)(H,36,46)(H2,24,26,27)(H3,25,30,31,34)/t6-,7?,8+,11-,12+,17-,18-,43?,44?/m1/s1. The summed E-state index contributed by atoms with van der Waals surface area (Å²) >= 11 is 10.1. The van der Waals surface area contributed by atoms with E-state index in [4.69, 9.17) is 62.6 Å². The molecular weight excluding hydrogens is 707 g/mol. The Morgan fingerprint density at radius 3 is 2.39 bits per heavy atom. The number of hydrogen-bond donors (Lipinski definition) is 5. The molecule has 248 valence electrons. The van der Waals surface area contributed by atoms with E-state index in [1.807, 2.05) is 0 Å². The summed E-state index contributed by atoms with van der Waals surface area (Å²) in [5.74, 6) is -4.36. The molecule has 19 nitrogen and oxygen atoms in total. The van der Waals surface area contributed by atoms with E-state index >= 15 is 13.2 Å². The molecule has 0 spiro atoms. The number of fused-ring (bicyclic) bond motifs is 5. The van der Waals surface area contributed by atoms with Crippen molar-refractivity contribution >= 4 is 71.1 Å². The average molecular weight is 729 g/mol. The smallest absolute Gasteiger partial charge is 0.325 e. The number of ether oxygens (including phenoxy) is 2. The Morgan fingerprint density at radius 2 is 1.63 bits per heavy atom. The molecule has 0 radical (unpaired) electrons. The lowest BCUT2D eigenvalue weighted by Crippen LogP contribution is -2.42. The molecule has 0 amide bonds. The molecule has 46 heavy (non-hydrogen) atoms. The van der Waals surface area contributed by atoms with Gasteiger partial charge in [0.2, 0.25) is 5.95 Å². The number of H-pyrrole nitrogens is 1. The maximum atomic E-state index is 16.0. The summed E-state index contributed by atoms with van der Waals surface area (Å²) in [6.45, 7) is -11.0. The van der Waals surface area contributed by atoms with E-state index in [2.05, 4.69) is 29.9 Å². The Hall–Kier alpha value is -2.73. The van der Waals surface area contributed by atoms with Gasteiger partial charge in [-0.1, -0.05) is 0 Å². The highest BCUT2D eigenvalue weighted by molar-refractivity contribution is 8.07. The molecule has 7 heterocycles. The highest BCUT2D eigenvalue weighted by atomic mass is 32.5. The molecular formula is C20H21F3N10O9P2S2. The molecule has 3 fully saturated rings.